The minimum Gasteiger partial charge on any atom is -0.449 e. The molecule has 0 saturated carbocycles. The van der Waals surface area contributed by atoms with Crippen molar-refractivity contribution in [1.29, 1.82) is 0 Å². The Morgan fingerprint density at radius 3 is 2.94 bits per heavy atom. The summed E-state index contributed by atoms with van der Waals surface area (Å²) in [7, 11) is 0. The van der Waals surface area contributed by atoms with Gasteiger partial charge in [-0.1, -0.05) is 18.7 Å². The molecule has 1 aromatic rings. The van der Waals surface area contributed by atoms with Crippen molar-refractivity contribution < 1.29 is 19.0 Å². The molecule has 1 aliphatic heterocycles. The number of aryl methyl sites for hydroxylation is 1. The lowest BCUT2D eigenvalue weighted by Crippen LogP contribution is -2.36. The van der Waals surface area contributed by atoms with E-state index in [2.05, 4.69) is 11.9 Å². The van der Waals surface area contributed by atoms with E-state index in [0.717, 1.165) is 11.3 Å². The lowest BCUT2D eigenvalue weighted by atomic mass is 10.2. The van der Waals surface area contributed by atoms with Gasteiger partial charge in [0.2, 0.25) is 0 Å². The number of carbonyl (C=O) groups excluding carboxylic acids is 1. The molecule has 2 rings (SSSR count). The predicted molar refractivity (Wildman–Crippen MR) is 65.5 cm³/mol. The fourth-order valence-corrected chi connectivity index (χ4v) is 1.61. The van der Waals surface area contributed by atoms with E-state index in [1.54, 1.807) is 6.92 Å². The maximum absolute atomic E-state index is 11.2. The summed E-state index contributed by atoms with van der Waals surface area (Å²) in [6, 6.07) is 5.66. The molecule has 96 valence electrons. The number of para-hydroxylation sites is 1. The van der Waals surface area contributed by atoms with Gasteiger partial charge in [-0.2, -0.15) is 0 Å². The van der Waals surface area contributed by atoms with Crippen LogP contribution in [0.25, 0.3) is 0 Å². The second-order valence-electron chi connectivity index (χ2n) is 4.04. The first kappa shape index (κ1) is 12.3. The highest BCUT2D eigenvalue weighted by Crippen LogP contribution is 2.36. The van der Waals surface area contributed by atoms with Gasteiger partial charge >= 0.3 is 6.09 Å². The van der Waals surface area contributed by atoms with E-state index in [1.165, 1.54) is 0 Å². The molecule has 1 aliphatic rings. The Balaban J connectivity index is 1.87. The van der Waals surface area contributed by atoms with Crippen LogP contribution in [0.2, 0.25) is 0 Å². The molecule has 0 radical (unpaired) electrons. The van der Waals surface area contributed by atoms with Crippen LogP contribution in [0.4, 0.5) is 4.79 Å². The summed E-state index contributed by atoms with van der Waals surface area (Å²) in [4.78, 5) is 11.2. The van der Waals surface area contributed by atoms with Crippen LogP contribution >= 0.6 is 0 Å². The molecule has 0 aromatic heterocycles. The average molecular weight is 249 g/mol. The van der Waals surface area contributed by atoms with Crippen LogP contribution in [0, 0.1) is 6.92 Å². The number of amides is 1. The smallest absolute Gasteiger partial charge is 0.412 e. The average Bonchev–Trinajstić information content (AvgIpc) is 2.70. The number of allylic oxidation sites excluding steroid dienone is 1. The number of benzene rings is 1. The van der Waals surface area contributed by atoms with Gasteiger partial charge in [0.1, 0.15) is 0 Å². The SMILES string of the molecule is C=C(C)OC(=O)NCC1Oc2cccc(C)c2O1. The number of alkyl carbamates (subject to hydrolysis) is 1. The Bertz CT molecular complexity index is 484. The number of hydrogen-bond acceptors (Lipinski definition) is 4. The van der Waals surface area contributed by atoms with Crippen molar-refractivity contribution in [2.24, 2.45) is 0 Å². The normalized spacial score (nSPS) is 16.2. The maximum Gasteiger partial charge on any atom is 0.412 e. The van der Waals surface area contributed by atoms with E-state index in [9.17, 15) is 4.79 Å². The Hall–Kier alpha value is -2.17. The van der Waals surface area contributed by atoms with E-state index < -0.39 is 12.4 Å². The van der Waals surface area contributed by atoms with Gasteiger partial charge in [-0.3, -0.25) is 0 Å². The lowest BCUT2D eigenvalue weighted by molar-refractivity contribution is 0.0488. The second kappa shape index (κ2) is 5.00. The number of ether oxygens (including phenoxy) is 3. The van der Waals surface area contributed by atoms with Crippen molar-refractivity contribution in [3.63, 3.8) is 0 Å². The van der Waals surface area contributed by atoms with Crippen LogP contribution < -0.4 is 14.8 Å². The Kier molecular flexibility index (Phi) is 3.41. The number of hydrogen-bond donors (Lipinski definition) is 1. The van der Waals surface area contributed by atoms with Crippen LogP contribution in [-0.2, 0) is 4.74 Å². The van der Waals surface area contributed by atoms with Crippen molar-refractivity contribution in [3.05, 3.63) is 36.1 Å². The van der Waals surface area contributed by atoms with Gasteiger partial charge in [0.05, 0.1) is 12.3 Å². The number of rotatable bonds is 3. The van der Waals surface area contributed by atoms with Crippen molar-refractivity contribution >= 4 is 6.09 Å². The summed E-state index contributed by atoms with van der Waals surface area (Å²) in [5.41, 5.74) is 1.000. The van der Waals surface area contributed by atoms with E-state index in [1.807, 2.05) is 25.1 Å². The number of fused-ring (bicyclic) bond motifs is 1. The van der Waals surface area contributed by atoms with Gasteiger partial charge < -0.3 is 19.5 Å². The van der Waals surface area contributed by atoms with Gasteiger partial charge in [0.25, 0.3) is 6.29 Å². The lowest BCUT2D eigenvalue weighted by Gasteiger charge is -2.11. The third kappa shape index (κ3) is 2.74. The first-order valence-electron chi connectivity index (χ1n) is 5.60. The molecule has 0 saturated heterocycles. The van der Waals surface area contributed by atoms with Gasteiger partial charge in [0, 0.05) is 0 Å². The molecule has 0 spiro atoms. The molecule has 1 unspecified atom stereocenters. The molecule has 0 bridgehead atoms. The minimum absolute atomic E-state index is 0.209. The van der Waals surface area contributed by atoms with Crippen molar-refractivity contribution in [2.45, 2.75) is 20.1 Å². The second-order valence-corrected chi connectivity index (χ2v) is 4.04. The highest BCUT2D eigenvalue weighted by atomic mass is 16.7. The zero-order valence-electron chi connectivity index (χ0n) is 10.4. The highest BCUT2D eigenvalue weighted by molar-refractivity contribution is 5.68. The molecule has 18 heavy (non-hydrogen) atoms. The fraction of sp³-hybridized carbons (Fsp3) is 0.308. The summed E-state index contributed by atoms with van der Waals surface area (Å²) in [6.45, 7) is 7.22. The molecule has 1 N–H and O–H groups in total. The van der Waals surface area contributed by atoms with Crippen molar-refractivity contribution in [3.8, 4) is 11.5 Å². The number of carbonyl (C=O) groups is 1. The summed E-state index contributed by atoms with van der Waals surface area (Å²) >= 11 is 0. The molecule has 0 aliphatic carbocycles. The predicted octanol–water partition coefficient (Wildman–Crippen LogP) is 2.35. The zero-order valence-corrected chi connectivity index (χ0v) is 10.4. The molecule has 5 nitrogen and oxygen atoms in total. The van der Waals surface area contributed by atoms with Gasteiger partial charge in [-0.15, -0.1) is 0 Å². The van der Waals surface area contributed by atoms with Crippen molar-refractivity contribution in [1.82, 2.24) is 5.32 Å². The maximum atomic E-state index is 11.2. The van der Waals surface area contributed by atoms with E-state index >= 15 is 0 Å². The third-order valence-corrected chi connectivity index (χ3v) is 2.36. The number of nitrogens with one attached hydrogen (secondary N) is 1. The van der Waals surface area contributed by atoms with E-state index in [0.29, 0.717) is 11.5 Å². The molecular formula is C13H15NO4. The van der Waals surface area contributed by atoms with Crippen LogP contribution in [0.15, 0.2) is 30.5 Å². The molecule has 1 aromatic carbocycles. The molecule has 5 heteroatoms. The largest absolute Gasteiger partial charge is 0.449 e. The fourth-order valence-electron chi connectivity index (χ4n) is 1.61. The summed E-state index contributed by atoms with van der Waals surface area (Å²) in [5.74, 6) is 1.74. The summed E-state index contributed by atoms with van der Waals surface area (Å²) in [6.07, 6.45) is -1.10. The van der Waals surface area contributed by atoms with Crippen LogP contribution in [0.1, 0.15) is 12.5 Å². The van der Waals surface area contributed by atoms with Crippen LogP contribution in [0.5, 0.6) is 11.5 Å². The van der Waals surface area contributed by atoms with Gasteiger partial charge in [0.15, 0.2) is 11.5 Å². The van der Waals surface area contributed by atoms with Crippen LogP contribution in [0.3, 0.4) is 0 Å². The molecule has 1 amide bonds. The monoisotopic (exact) mass is 249 g/mol. The quantitative estimate of drug-likeness (QED) is 0.835. The first-order valence-corrected chi connectivity index (χ1v) is 5.60. The summed E-state index contributed by atoms with van der Waals surface area (Å²) in [5, 5.41) is 2.54. The van der Waals surface area contributed by atoms with Gasteiger partial charge in [-0.25, -0.2) is 4.79 Å². The standard InChI is InChI=1S/C13H15NO4/c1-8(2)16-13(15)14-7-11-17-10-6-4-5-9(3)12(10)18-11/h4-6,11H,1,7H2,2-3H3,(H,14,15). The van der Waals surface area contributed by atoms with Crippen LogP contribution in [-0.4, -0.2) is 18.9 Å². The molecule has 1 heterocycles. The highest BCUT2D eigenvalue weighted by Gasteiger charge is 2.25. The minimum atomic E-state index is -0.567. The molecule has 1 atom stereocenters. The Morgan fingerprint density at radius 2 is 2.28 bits per heavy atom. The van der Waals surface area contributed by atoms with E-state index in [4.69, 9.17) is 14.2 Å². The first-order chi connectivity index (χ1) is 8.56. The zero-order chi connectivity index (χ0) is 13.1. The molecular weight excluding hydrogens is 234 g/mol. The van der Waals surface area contributed by atoms with Crippen molar-refractivity contribution in [2.75, 3.05) is 6.54 Å². The topological polar surface area (TPSA) is 56.8 Å². The summed E-state index contributed by atoms with van der Waals surface area (Å²) < 4.78 is 15.9. The molecule has 0 fully saturated rings. The van der Waals surface area contributed by atoms with E-state index in [-0.39, 0.29) is 6.54 Å². The third-order valence-electron chi connectivity index (χ3n) is 2.36. The van der Waals surface area contributed by atoms with Gasteiger partial charge in [-0.05, 0) is 25.5 Å². The Morgan fingerprint density at radius 1 is 1.50 bits per heavy atom. The Labute approximate surface area is 105 Å².